The Kier molecular flexibility index (Phi) is 9.55. The molecule has 0 heterocycles. The summed E-state index contributed by atoms with van der Waals surface area (Å²) in [7, 11) is 1.60. The number of unbranched alkanes of at least 4 members (excludes halogenated alkanes) is 3. The predicted octanol–water partition coefficient (Wildman–Crippen LogP) is 4.49. The number of carbonyl (C=O) groups excluding carboxylic acids is 1. The number of carbonyl (C=O) groups is 1. The topological polar surface area (TPSA) is 69.2 Å². The maximum atomic E-state index is 11.9. The number of ether oxygens (including phenoxy) is 3. The first-order valence-corrected chi connectivity index (χ1v) is 9.95. The van der Waals surface area contributed by atoms with Gasteiger partial charge >= 0.3 is 0 Å². The van der Waals surface area contributed by atoms with Crippen molar-refractivity contribution in [2.45, 2.75) is 39.5 Å². The summed E-state index contributed by atoms with van der Waals surface area (Å²) in [6, 6.07) is 13.1. The Labute approximate surface area is 172 Å². The Hall–Kier alpha value is -3.02. The SMILES string of the molecule is CCCCCCOc1ccc(/C=N/NC(=O)COc2ccccc2C)cc1OC. The molecule has 0 aliphatic rings. The predicted molar refractivity (Wildman–Crippen MR) is 115 cm³/mol. The van der Waals surface area contributed by atoms with E-state index in [4.69, 9.17) is 14.2 Å². The molecular formula is C23H30N2O4. The average molecular weight is 399 g/mol. The molecule has 6 heteroatoms. The largest absolute Gasteiger partial charge is 0.493 e. The maximum absolute atomic E-state index is 11.9. The molecule has 29 heavy (non-hydrogen) atoms. The molecule has 0 unspecified atom stereocenters. The highest BCUT2D eigenvalue weighted by atomic mass is 16.5. The molecule has 6 nitrogen and oxygen atoms in total. The molecule has 2 aromatic carbocycles. The number of benzene rings is 2. The van der Waals surface area contributed by atoms with Crippen molar-refractivity contribution in [1.82, 2.24) is 5.43 Å². The number of amides is 1. The fourth-order valence-electron chi connectivity index (χ4n) is 2.67. The van der Waals surface area contributed by atoms with Crippen LogP contribution < -0.4 is 19.6 Å². The Balaban J connectivity index is 1.81. The van der Waals surface area contributed by atoms with Crippen LogP contribution >= 0.6 is 0 Å². The van der Waals surface area contributed by atoms with Crippen molar-refractivity contribution in [3.05, 3.63) is 53.6 Å². The first-order chi connectivity index (χ1) is 14.1. The monoisotopic (exact) mass is 398 g/mol. The number of nitrogens with one attached hydrogen (secondary N) is 1. The van der Waals surface area contributed by atoms with Crippen LogP contribution in [0.15, 0.2) is 47.6 Å². The van der Waals surface area contributed by atoms with Crippen LogP contribution in [0.3, 0.4) is 0 Å². The van der Waals surface area contributed by atoms with Crippen LogP contribution in [-0.2, 0) is 4.79 Å². The highest BCUT2D eigenvalue weighted by Crippen LogP contribution is 2.27. The maximum Gasteiger partial charge on any atom is 0.277 e. The smallest absolute Gasteiger partial charge is 0.277 e. The van der Waals surface area contributed by atoms with Gasteiger partial charge in [-0.2, -0.15) is 5.10 Å². The van der Waals surface area contributed by atoms with E-state index >= 15 is 0 Å². The second-order valence-electron chi connectivity index (χ2n) is 6.67. The number of nitrogens with zero attached hydrogens (tertiary/aromatic N) is 1. The van der Waals surface area contributed by atoms with Crippen LogP contribution in [0.2, 0.25) is 0 Å². The van der Waals surface area contributed by atoms with Crippen molar-refractivity contribution >= 4 is 12.1 Å². The lowest BCUT2D eigenvalue weighted by atomic mass is 10.2. The molecule has 2 rings (SSSR count). The summed E-state index contributed by atoms with van der Waals surface area (Å²) < 4.78 is 16.7. The Morgan fingerprint density at radius 1 is 1.03 bits per heavy atom. The van der Waals surface area contributed by atoms with E-state index < -0.39 is 0 Å². The number of para-hydroxylation sites is 1. The molecule has 0 saturated heterocycles. The van der Waals surface area contributed by atoms with Crippen molar-refractivity contribution in [3.8, 4) is 17.2 Å². The van der Waals surface area contributed by atoms with E-state index in [0.29, 0.717) is 23.9 Å². The molecule has 0 radical (unpaired) electrons. The minimum absolute atomic E-state index is 0.101. The van der Waals surface area contributed by atoms with E-state index in [-0.39, 0.29) is 12.5 Å². The standard InChI is InChI=1S/C23H30N2O4/c1-4-5-6-9-14-28-21-13-12-19(15-22(21)27-3)16-24-25-23(26)17-29-20-11-8-7-10-18(20)2/h7-8,10-13,15-16H,4-6,9,14,17H2,1-3H3,(H,25,26)/b24-16+. The van der Waals surface area contributed by atoms with Gasteiger partial charge in [-0.15, -0.1) is 0 Å². The van der Waals surface area contributed by atoms with E-state index in [1.165, 1.54) is 12.8 Å². The molecular weight excluding hydrogens is 368 g/mol. The van der Waals surface area contributed by atoms with Gasteiger partial charge in [-0.1, -0.05) is 44.4 Å². The molecule has 0 aliphatic heterocycles. The fraction of sp³-hybridized carbons (Fsp3) is 0.391. The van der Waals surface area contributed by atoms with Gasteiger partial charge in [-0.3, -0.25) is 4.79 Å². The number of aryl methyl sites for hydroxylation is 1. The molecule has 0 saturated carbocycles. The summed E-state index contributed by atoms with van der Waals surface area (Å²) >= 11 is 0. The van der Waals surface area contributed by atoms with Gasteiger partial charge in [0.2, 0.25) is 0 Å². The Bertz CT molecular complexity index is 805. The molecule has 2 aromatic rings. The molecule has 0 atom stereocenters. The number of methoxy groups -OCH3 is 1. The van der Waals surface area contributed by atoms with Gasteiger partial charge in [0.05, 0.1) is 19.9 Å². The van der Waals surface area contributed by atoms with Crippen LogP contribution in [0.1, 0.15) is 43.7 Å². The minimum atomic E-state index is -0.330. The third-order valence-corrected chi connectivity index (χ3v) is 4.30. The average Bonchev–Trinajstić information content (AvgIpc) is 2.73. The van der Waals surface area contributed by atoms with E-state index in [1.807, 2.05) is 49.4 Å². The van der Waals surface area contributed by atoms with Gasteiger partial charge in [0.25, 0.3) is 5.91 Å². The number of rotatable bonds is 12. The van der Waals surface area contributed by atoms with Crippen molar-refractivity contribution in [2.75, 3.05) is 20.3 Å². The lowest BCUT2D eigenvalue weighted by Crippen LogP contribution is -2.24. The van der Waals surface area contributed by atoms with Gasteiger partial charge in [0.1, 0.15) is 5.75 Å². The number of hydrazone groups is 1. The molecule has 0 spiro atoms. The molecule has 0 aromatic heterocycles. The van der Waals surface area contributed by atoms with Gasteiger partial charge in [-0.25, -0.2) is 5.43 Å². The zero-order valence-electron chi connectivity index (χ0n) is 17.4. The van der Waals surface area contributed by atoms with Crippen LogP contribution in [-0.4, -0.2) is 32.4 Å². The van der Waals surface area contributed by atoms with Crippen molar-refractivity contribution in [1.29, 1.82) is 0 Å². The number of hydrogen-bond donors (Lipinski definition) is 1. The van der Waals surface area contributed by atoms with Gasteiger partial charge in [0.15, 0.2) is 18.1 Å². The summed E-state index contributed by atoms with van der Waals surface area (Å²) in [6.07, 6.45) is 6.16. The molecule has 1 amide bonds. The van der Waals surface area contributed by atoms with E-state index in [2.05, 4.69) is 17.5 Å². The lowest BCUT2D eigenvalue weighted by molar-refractivity contribution is -0.123. The minimum Gasteiger partial charge on any atom is -0.493 e. The van der Waals surface area contributed by atoms with Crippen molar-refractivity contribution in [2.24, 2.45) is 5.10 Å². The van der Waals surface area contributed by atoms with E-state index in [9.17, 15) is 4.79 Å². The highest BCUT2D eigenvalue weighted by Gasteiger charge is 2.06. The van der Waals surface area contributed by atoms with Gasteiger partial charge in [0, 0.05) is 0 Å². The van der Waals surface area contributed by atoms with Gasteiger partial charge in [-0.05, 0) is 48.7 Å². The van der Waals surface area contributed by atoms with E-state index in [1.54, 1.807) is 13.3 Å². The Morgan fingerprint density at radius 2 is 1.86 bits per heavy atom. The quantitative estimate of drug-likeness (QED) is 0.325. The first-order valence-electron chi connectivity index (χ1n) is 9.95. The summed E-state index contributed by atoms with van der Waals surface area (Å²) in [5.74, 6) is 1.70. The zero-order valence-corrected chi connectivity index (χ0v) is 17.4. The van der Waals surface area contributed by atoms with Crippen LogP contribution in [0.25, 0.3) is 0 Å². The molecule has 0 fully saturated rings. The summed E-state index contributed by atoms with van der Waals surface area (Å²) in [5.41, 5.74) is 4.23. The van der Waals surface area contributed by atoms with Crippen molar-refractivity contribution in [3.63, 3.8) is 0 Å². The second-order valence-corrected chi connectivity index (χ2v) is 6.67. The Morgan fingerprint density at radius 3 is 2.62 bits per heavy atom. The molecule has 0 bridgehead atoms. The fourth-order valence-corrected chi connectivity index (χ4v) is 2.67. The normalized spacial score (nSPS) is 10.7. The van der Waals surface area contributed by atoms with Crippen LogP contribution in [0.4, 0.5) is 0 Å². The highest BCUT2D eigenvalue weighted by molar-refractivity contribution is 5.83. The molecule has 156 valence electrons. The summed E-state index contributed by atoms with van der Waals surface area (Å²) in [5, 5.41) is 3.98. The summed E-state index contributed by atoms with van der Waals surface area (Å²) in [4.78, 5) is 11.9. The number of hydrogen-bond acceptors (Lipinski definition) is 5. The van der Waals surface area contributed by atoms with Crippen LogP contribution in [0.5, 0.6) is 17.2 Å². The van der Waals surface area contributed by atoms with Crippen molar-refractivity contribution < 1.29 is 19.0 Å². The molecule has 0 aliphatic carbocycles. The van der Waals surface area contributed by atoms with E-state index in [0.717, 1.165) is 24.0 Å². The lowest BCUT2D eigenvalue weighted by Gasteiger charge is -2.11. The summed E-state index contributed by atoms with van der Waals surface area (Å²) in [6.45, 7) is 4.68. The zero-order chi connectivity index (χ0) is 20.9. The third kappa shape index (κ3) is 7.86. The third-order valence-electron chi connectivity index (χ3n) is 4.30. The van der Waals surface area contributed by atoms with Crippen LogP contribution in [0, 0.1) is 6.92 Å². The van der Waals surface area contributed by atoms with Gasteiger partial charge < -0.3 is 14.2 Å². The molecule has 1 N–H and O–H groups in total. The second kappa shape index (κ2) is 12.4. The first kappa shape index (κ1) is 22.3.